The quantitative estimate of drug-likeness (QED) is 0.659. The lowest BCUT2D eigenvalue weighted by atomic mass is 10.1. The molecule has 0 bridgehead atoms. The molecule has 0 radical (unpaired) electrons. The molecule has 6 nitrogen and oxygen atoms in total. The molecule has 1 aromatic rings. The van der Waals surface area contributed by atoms with Gasteiger partial charge in [0, 0.05) is 18.3 Å². The zero-order valence-electron chi connectivity index (χ0n) is 9.97. The summed E-state index contributed by atoms with van der Waals surface area (Å²) in [5.41, 5.74) is 0.0408. The molecule has 0 aliphatic carbocycles. The van der Waals surface area contributed by atoms with Crippen molar-refractivity contribution in [3.05, 3.63) is 16.3 Å². The molecule has 2 rings (SSSR count). The number of rotatable bonds is 4. The first kappa shape index (κ1) is 12.2. The van der Waals surface area contributed by atoms with E-state index < -0.39 is 4.92 Å². The Balaban J connectivity index is 2.05. The Morgan fingerprint density at radius 1 is 1.76 bits per heavy atom. The van der Waals surface area contributed by atoms with Crippen LogP contribution in [0.15, 0.2) is 6.20 Å². The first-order valence-electron chi connectivity index (χ1n) is 5.56. The van der Waals surface area contributed by atoms with Gasteiger partial charge in [0.2, 0.25) is 5.82 Å². The highest BCUT2D eigenvalue weighted by molar-refractivity contribution is 8.00. The van der Waals surface area contributed by atoms with E-state index in [9.17, 15) is 10.1 Å². The van der Waals surface area contributed by atoms with Crippen LogP contribution in [-0.2, 0) is 7.05 Å². The molecule has 1 N–H and O–H groups in total. The average molecular weight is 256 g/mol. The third-order valence-electron chi connectivity index (χ3n) is 2.94. The maximum atomic E-state index is 10.8. The van der Waals surface area contributed by atoms with Crippen LogP contribution in [-0.4, -0.2) is 31.7 Å². The van der Waals surface area contributed by atoms with E-state index in [4.69, 9.17) is 0 Å². The number of aromatic nitrogens is 2. The van der Waals surface area contributed by atoms with Gasteiger partial charge < -0.3 is 5.32 Å². The standard InChI is InChI=1S/C10H16N4O2S/c1-10(4-3-5-17-10)7-11-9-8(14(15)16)6-13(2)12-9/h6H,3-5,7H2,1-2H3,(H,11,12). The summed E-state index contributed by atoms with van der Waals surface area (Å²) in [5, 5.41) is 18.0. The number of nitro groups is 1. The average Bonchev–Trinajstić information content (AvgIpc) is 2.83. The number of hydrogen-bond donors (Lipinski definition) is 1. The first-order valence-corrected chi connectivity index (χ1v) is 6.55. The Morgan fingerprint density at radius 3 is 3.12 bits per heavy atom. The number of anilines is 1. The molecule has 0 amide bonds. The normalized spacial score (nSPS) is 23.9. The van der Waals surface area contributed by atoms with Gasteiger partial charge in [-0.1, -0.05) is 0 Å². The van der Waals surface area contributed by atoms with Crippen molar-refractivity contribution in [2.75, 3.05) is 17.6 Å². The van der Waals surface area contributed by atoms with Crippen molar-refractivity contribution in [3.63, 3.8) is 0 Å². The number of aryl methyl sites for hydroxylation is 1. The van der Waals surface area contributed by atoms with Crippen molar-refractivity contribution in [2.24, 2.45) is 7.05 Å². The zero-order chi connectivity index (χ0) is 12.5. The molecule has 1 aromatic heterocycles. The second-order valence-corrected chi connectivity index (χ2v) is 6.23. The highest BCUT2D eigenvalue weighted by atomic mass is 32.2. The molecule has 0 aromatic carbocycles. The molecule has 17 heavy (non-hydrogen) atoms. The largest absolute Gasteiger partial charge is 0.361 e. The van der Waals surface area contributed by atoms with Gasteiger partial charge in [0.15, 0.2) is 0 Å². The van der Waals surface area contributed by atoms with Crippen molar-refractivity contribution < 1.29 is 4.92 Å². The van der Waals surface area contributed by atoms with Crippen LogP contribution in [0.4, 0.5) is 11.5 Å². The fourth-order valence-corrected chi connectivity index (χ4v) is 3.23. The molecule has 0 saturated carbocycles. The number of nitrogens with zero attached hydrogens (tertiary/aromatic N) is 3. The van der Waals surface area contributed by atoms with Gasteiger partial charge in [-0.3, -0.25) is 14.8 Å². The summed E-state index contributed by atoms with van der Waals surface area (Å²) in [6.07, 6.45) is 3.78. The minimum absolute atomic E-state index is 0.0408. The molecule has 1 fully saturated rings. The lowest BCUT2D eigenvalue weighted by Crippen LogP contribution is -2.27. The summed E-state index contributed by atoms with van der Waals surface area (Å²) < 4.78 is 1.63. The monoisotopic (exact) mass is 256 g/mol. The highest BCUT2D eigenvalue weighted by Gasteiger charge is 2.30. The van der Waals surface area contributed by atoms with Gasteiger partial charge in [-0.15, -0.1) is 5.10 Å². The van der Waals surface area contributed by atoms with Gasteiger partial charge in [0.1, 0.15) is 6.20 Å². The van der Waals surface area contributed by atoms with Gasteiger partial charge in [-0.25, -0.2) is 0 Å². The van der Waals surface area contributed by atoms with Crippen molar-refractivity contribution >= 4 is 23.3 Å². The van der Waals surface area contributed by atoms with E-state index in [0.29, 0.717) is 5.82 Å². The van der Waals surface area contributed by atoms with Crippen LogP contribution in [0.2, 0.25) is 0 Å². The van der Waals surface area contributed by atoms with Gasteiger partial charge in [0.25, 0.3) is 0 Å². The maximum Gasteiger partial charge on any atom is 0.330 e. The Hall–Kier alpha value is -1.24. The van der Waals surface area contributed by atoms with Gasteiger partial charge in [-0.2, -0.15) is 11.8 Å². The fourth-order valence-electron chi connectivity index (χ4n) is 1.98. The van der Waals surface area contributed by atoms with Crippen LogP contribution in [0.25, 0.3) is 0 Å². The number of thioether (sulfide) groups is 1. The maximum absolute atomic E-state index is 10.8. The molecule has 2 heterocycles. The van der Waals surface area contributed by atoms with Crippen molar-refractivity contribution in [1.82, 2.24) is 9.78 Å². The molecule has 1 aliphatic rings. The van der Waals surface area contributed by atoms with E-state index in [2.05, 4.69) is 17.3 Å². The molecule has 1 saturated heterocycles. The van der Waals surface area contributed by atoms with E-state index in [1.807, 2.05) is 11.8 Å². The summed E-state index contributed by atoms with van der Waals surface area (Å²) >= 11 is 1.92. The van der Waals surface area contributed by atoms with Crippen LogP contribution in [0, 0.1) is 10.1 Å². The number of hydrogen-bond acceptors (Lipinski definition) is 5. The molecule has 0 spiro atoms. The lowest BCUT2D eigenvalue weighted by Gasteiger charge is -2.22. The predicted octanol–water partition coefficient (Wildman–Crippen LogP) is 2.03. The van der Waals surface area contributed by atoms with Crippen molar-refractivity contribution in [2.45, 2.75) is 24.5 Å². The summed E-state index contributed by atoms with van der Waals surface area (Å²) in [6, 6.07) is 0. The molecule has 1 atom stereocenters. The third kappa shape index (κ3) is 2.71. The highest BCUT2D eigenvalue weighted by Crippen LogP contribution is 2.38. The Bertz CT molecular complexity index is 426. The molecular weight excluding hydrogens is 240 g/mol. The molecule has 1 aliphatic heterocycles. The van der Waals surface area contributed by atoms with E-state index in [-0.39, 0.29) is 10.4 Å². The fraction of sp³-hybridized carbons (Fsp3) is 0.700. The third-order valence-corrected chi connectivity index (χ3v) is 4.47. The Morgan fingerprint density at radius 2 is 2.53 bits per heavy atom. The topological polar surface area (TPSA) is 73.0 Å². The summed E-state index contributed by atoms with van der Waals surface area (Å²) in [7, 11) is 1.68. The van der Waals surface area contributed by atoms with Crippen molar-refractivity contribution in [1.29, 1.82) is 0 Å². The van der Waals surface area contributed by atoms with Crippen LogP contribution < -0.4 is 5.32 Å². The van der Waals surface area contributed by atoms with Crippen LogP contribution in [0.5, 0.6) is 0 Å². The van der Waals surface area contributed by atoms with Crippen LogP contribution in [0.1, 0.15) is 19.8 Å². The van der Waals surface area contributed by atoms with E-state index in [0.717, 1.165) is 13.0 Å². The predicted molar refractivity (Wildman–Crippen MR) is 68.4 cm³/mol. The van der Waals surface area contributed by atoms with E-state index >= 15 is 0 Å². The molecule has 7 heteroatoms. The smallest absolute Gasteiger partial charge is 0.330 e. The minimum Gasteiger partial charge on any atom is -0.361 e. The van der Waals surface area contributed by atoms with E-state index in [1.54, 1.807) is 7.05 Å². The SMILES string of the molecule is Cn1cc([N+](=O)[O-])c(NCC2(C)CCCS2)n1. The molecule has 1 unspecified atom stereocenters. The first-order chi connectivity index (χ1) is 8.00. The van der Waals surface area contributed by atoms with Gasteiger partial charge in [0.05, 0.1) is 4.92 Å². The van der Waals surface area contributed by atoms with Crippen LogP contribution in [0.3, 0.4) is 0 Å². The summed E-state index contributed by atoms with van der Waals surface area (Å²) in [5.74, 6) is 1.54. The number of nitrogens with one attached hydrogen (secondary N) is 1. The molecular formula is C10H16N4O2S. The summed E-state index contributed by atoms with van der Waals surface area (Å²) in [4.78, 5) is 10.4. The van der Waals surface area contributed by atoms with Crippen molar-refractivity contribution in [3.8, 4) is 0 Å². The lowest BCUT2D eigenvalue weighted by molar-refractivity contribution is -0.384. The zero-order valence-corrected chi connectivity index (χ0v) is 10.8. The second-order valence-electron chi connectivity index (χ2n) is 4.55. The Kier molecular flexibility index (Phi) is 3.28. The minimum atomic E-state index is -0.403. The van der Waals surface area contributed by atoms with Gasteiger partial charge >= 0.3 is 5.69 Å². The van der Waals surface area contributed by atoms with Gasteiger partial charge in [-0.05, 0) is 25.5 Å². The molecule has 94 valence electrons. The van der Waals surface area contributed by atoms with Crippen LogP contribution >= 0.6 is 11.8 Å². The van der Waals surface area contributed by atoms with E-state index in [1.165, 1.54) is 23.1 Å². The second kappa shape index (κ2) is 4.56. The summed E-state index contributed by atoms with van der Waals surface area (Å²) in [6.45, 7) is 2.90. The Labute approximate surface area is 104 Å².